The molecule has 1 heterocycles. The second-order valence-electron chi connectivity index (χ2n) is 7.45. The molecule has 3 aromatic rings. The molecule has 1 aromatic heterocycles. The van der Waals surface area contributed by atoms with Gasteiger partial charge in [0, 0.05) is 18.6 Å². The van der Waals surface area contributed by atoms with Crippen molar-refractivity contribution in [1.82, 2.24) is 4.98 Å². The van der Waals surface area contributed by atoms with Crippen molar-refractivity contribution in [2.24, 2.45) is 0 Å². The zero-order valence-corrected chi connectivity index (χ0v) is 19.9. The summed E-state index contributed by atoms with van der Waals surface area (Å²) in [5.41, 5.74) is 2.97. The first-order chi connectivity index (χ1) is 15.4. The Labute approximate surface area is 196 Å². The minimum absolute atomic E-state index is 0.338. The number of carboxylic acid groups (broad SMARTS) is 1. The van der Waals surface area contributed by atoms with Crippen molar-refractivity contribution in [2.75, 3.05) is 13.2 Å². The number of ether oxygens (including phenoxy) is 2. The minimum Gasteiger partial charge on any atom is -0.493 e. The van der Waals surface area contributed by atoms with E-state index in [0.29, 0.717) is 38.4 Å². The molecule has 0 aliphatic carbocycles. The van der Waals surface area contributed by atoms with Gasteiger partial charge in [0.05, 0.1) is 12.3 Å². The SMILES string of the molecule is CCO[C@](Br)(CCCc1ccc(OCCc2nc(-c3ccccc3)oc2C)cc1)C(=O)O. The summed E-state index contributed by atoms with van der Waals surface area (Å²) in [4.78, 5) is 16.0. The number of aromatic nitrogens is 1. The van der Waals surface area contributed by atoms with E-state index in [1.54, 1.807) is 6.92 Å². The number of rotatable bonds is 12. The number of benzene rings is 2. The predicted molar refractivity (Wildman–Crippen MR) is 126 cm³/mol. The van der Waals surface area contributed by atoms with E-state index in [-0.39, 0.29) is 0 Å². The molecule has 2 aromatic carbocycles. The summed E-state index contributed by atoms with van der Waals surface area (Å²) in [6.07, 6.45) is 2.49. The number of carboxylic acids is 1. The van der Waals surface area contributed by atoms with E-state index in [4.69, 9.17) is 13.9 Å². The molecule has 0 amide bonds. The molecule has 0 aliphatic heterocycles. The number of halogens is 1. The fourth-order valence-electron chi connectivity index (χ4n) is 3.37. The van der Waals surface area contributed by atoms with Crippen LogP contribution in [0.5, 0.6) is 5.75 Å². The monoisotopic (exact) mass is 501 g/mol. The van der Waals surface area contributed by atoms with Gasteiger partial charge in [-0.05, 0) is 78.9 Å². The third-order valence-electron chi connectivity index (χ3n) is 5.10. The molecule has 3 rings (SSSR count). The summed E-state index contributed by atoms with van der Waals surface area (Å²) >= 11 is 3.21. The Morgan fingerprint density at radius 3 is 2.50 bits per heavy atom. The zero-order valence-electron chi connectivity index (χ0n) is 18.3. The Morgan fingerprint density at radius 1 is 1.12 bits per heavy atom. The third-order valence-corrected chi connectivity index (χ3v) is 6.07. The Balaban J connectivity index is 1.46. The van der Waals surface area contributed by atoms with Gasteiger partial charge in [-0.15, -0.1) is 0 Å². The van der Waals surface area contributed by atoms with Gasteiger partial charge >= 0.3 is 5.97 Å². The maximum Gasteiger partial charge on any atom is 0.347 e. The molecular formula is C25H28BrNO5. The lowest BCUT2D eigenvalue weighted by molar-refractivity contribution is -0.153. The maximum atomic E-state index is 11.4. The summed E-state index contributed by atoms with van der Waals surface area (Å²) in [5, 5.41) is 9.34. The molecule has 0 saturated heterocycles. The Morgan fingerprint density at radius 2 is 1.84 bits per heavy atom. The van der Waals surface area contributed by atoms with Crippen LogP contribution in [0.4, 0.5) is 0 Å². The van der Waals surface area contributed by atoms with Gasteiger partial charge in [0.2, 0.25) is 10.4 Å². The number of carbonyl (C=O) groups is 1. The molecule has 7 heteroatoms. The molecule has 0 unspecified atom stereocenters. The van der Waals surface area contributed by atoms with Crippen molar-refractivity contribution >= 4 is 21.9 Å². The quantitative estimate of drug-likeness (QED) is 0.315. The van der Waals surface area contributed by atoms with Gasteiger partial charge in [0.25, 0.3) is 0 Å². The maximum absolute atomic E-state index is 11.4. The van der Waals surface area contributed by atoms with E-state index < -0.39 is 10.5 Å². The summed E-state index contributed by atoms with van der Waals surface area (Å²) in [6, 6.07) is 17.7. The number of hydrogen-bond donors (Lipinski definition) is 1. The van der Waals surface area contributed by atoms with Crippen LogP contribution < -0.4 is 4.74 Å². The van der Waals surface area contributed by atoms with E-state index in [1.165, 1.54) is 0 Å². The van der Waals surface area contributed by atoms with E-state index in [2.05, 4.69) is 20.9 Å². The average Bonchev–Trinajstić information content (AvgIpc) is 3.16. The standard InChI is InChI=1S/C25H28BrNO5/c1-3-31-25(26,24(28)29)16-7-8-19-11-13-21(14-12-19)30-17-15-22-18(2)32-23(27-22)20-9-5-4-6-10-20/h4-6,9-14H,3,7-8,15-17H2,1-2H3,(H,28,29)/t25-/m1/s1. The molecule has 0 saturated carbocycles. The van der Waals surface area contributed by atoms with Crippen molar-refractivity contribution in [3.05, 3.63) is 71.6 Å². The number of hydrogen-bond acceptors (Lipinski definition) is 5. The van der Waals surface area contributed by atoms with Gasteiger partial charge < -0.3 is 19.0 Å². The molecule has 32 heavy (non-hydrogen) atoms. The molecular weight excluding hydrogens is 474 g/mol. The Hall–Kier alpha value is -2.64. The lowest BCUT2D eigenvalue weighted by atomic mass is 10.1. The minimum atomic E-state index is -1.32. The first kappa shape index (κ1) is 24.0. The summed E-state index contributed by atoms with van der Waals surface area (Å²) < 4.78 is 15.7. The number of alkyl halides is 1. The number of aliphatic carboxylic acids is 1. The smallest absolute Gasteiger partial charge is 0.347 e. The van der Waals surface area contributed by atoms with Crippen LogP contribution in [0.3, 0.4) is 0 Å². The van der Waals surface area contributed by atoms with Crippen LogP contribution in [0.1, 0.15) is 36.8 Å². The zero-order chi connectivity index (χ0) is 23.0. The largest absolute Gasteiger partial charge is 0.493 e. The van der Waals surface area contributed by atoms with Crippen LogP contribution in [0.2, 0.25) is 0 Å². The fourth-order valence-corrected chi connectivity index (χ4v) is 3.88. The van der Waals surface area contributed by atoms with E-state index >= 15 is 0 Å². The third kappa shape index (κ3) is 6.43. The lowest BCUT2D eigenvalue weighted by Gasteiger charge is -2.22. The van der Waals surface area contributed by atoms with E-state index in [0.717, 1.165) is 34.8 Å². The van der Waals surface area contributed by atoms with E-state index in [1.807, 2.05) is 61.5 Å². The van der Waals surface area contributed by atoms with Gasteiger partial charge in [0.15, 0.2) is 0 Å². The number of aryl methyl sites for hydroxylation is 2. The highest BCUT2D eigenvalue weighted by Gasteiger charge is 2.35. The topological polar surface area (TPSA) is 81.8 Å². The molecule has 0 radical (unpaired) electrons. The molecule has 1 atom stereocenters. The second-order valence-corrected chi connectivity index (χ2v) is 8.73. The predicted octanol–water partition coefficient (Wildman–Crippen LogP) is 5.81. The number of oxazole rings is 1. The summed E-state index contributed by atoms with van der Waals surface area (Å²) in [6.45, 7) is 4.54. The fraction of sp³-hybridized carbons (Fsp3) is 0.360. The van der Waals surface area contributed by atoms with Gasteiger partial charge in [0.1, 0.15) is 11.5 Å². The van der Waals surface area contributed by atoms with Crippen molar-refractivity contribution in [2.45, 2.75) is 44.0 Å². The molecule has 170 valence electrons. The van der Waals surface area contributed by atoms with Gasteiger partial charge in [-0.2, -0.15) is 0 Å². The highest BCUT2D eigenvalue weighted by molar-refractivity contribution is 9.10. The van der Waals surface area contributed by atoms with Crippen LogP contribution in [0.15, 0.2) is 59.0 Å². The van der Waals surface area contributed by atoms with Crippen LogP contribution in [-0.4, -0.2) is 33.8 Å². The van der Waals surface area contributed by atoms with E-state index in [9.17, 15) is 9.90 Å². The highest BCUT2D eigenvalue weighted by Crippen LogP contribution is 2.27. The molecule has 0 spiro atoms. The van der Waals surface area contributed by atoms with Crippen LogP contribution >= 0.6 is 15.9 Å². The average molecular weight is 502 g/mol. The molecule has 0 bridgehead atoms. The summed E-state index contributed by atoms with van der Waals surface area (Å²) in [5.74, 6) is 1.22. The number of nitrogens with zero attached hydrogens (tertiary/aromatic N) is 1. The lowest BCUT2D eigenvalue weighted by Crippen LogP contribution is -2.35. The Bertz CT molecular complexity index is 1000. The second kappa shape index (κ2) is 11.3. The highest BCUT2D eigenvalue weighted by atomic mass is 79.9. The van der Waals surface area contributed by atoms with Crippen LogP contribution in [0.25, 0.3) is 11.5 Å². The van der Waals surface area contributed by atoms with Crippen molar-refractivity contribution in [1.29, 1.82) is 0 Å². The van der Waals surface area contributed by atoms with Crippen LogP contribution in [0, 0.1) is 6.92 Å². The Kier molecular flexibility index (Phi) is 8.47. The van der Waals surface area contributed by atoms with Crippen molar-refractivity contribution in [3.8, 4) is 17.2 Å². The van der Waals surface area contributed by atoms with Crippen LogP contribution in [-0.2, 0) is 22.4 Å². The normalized spacial score (nSPS) is 13.0. The van der Waals surface area contributed by atoms with Crippen molar-refractivity contribution < 1.29 is 23.8 Å². The molecule has 6 nitrogen and oxygen atoms in total. The summed E-state index contributed by atoms with van der Waals surface area (Å²) in [7, 11) is 0. The molecule has 1 N–H and O–H groups in total. The molecule has 0 aliphatic rings. The van der Waals surface area contributed by atoms with Gasteiger partial charge in [-0.25, -0.2) is 9.78 Å². The van der Waals surface area contributed by atoms with Crippen molar-refractivity contribution in [3.63, 3.8) is 0 Å². The molecule has 0 fully saturated rings. The first-order valence-corrected chi connectivity index (χ1v) is 11.5. The first-order valence-electron chi connectivity index (χ1n) is 10.7. The van der Waals surface area contributed by atoms with Gasteiger partial charge in [-0.3, -0.25) is 0 Å². The van der Waals surface area contributed by atoms with Gasteiger partial charge in [-0.1, -0.05) is 30.3 Å².